The van der Waals surface area contributed by atoms with Gasteiger partial charge in [0, 0.05) is 19.8 Å². The minimum absolute atomic E-state index is 0.138. The van der Waals surface area contributed by atoms with Gasteiger partial charge in [-0.3, -0.25) is 9.59 Å². The number of carboxylic acid groups (broad SMARTS) is 1. The van der Waals surface area contributed by atoms with E-state index in [1.807, 2.05) is 0 Å². The van der Waals surface area contributed by atoms with Crippen LogP contribution in [0.2, 0.25) is 0 Å². The van der Waals surface area contributed by atoms with Gasteiger partial charge in [-0.15, -0.1) is 0 Å². The number of aliphatic carboxylic acids is 1. The van der Waals surface area contributed by atoms with Crippen LogP contribution in [0.1, 0.15) is 26.7 Å². The Morgan fingerprint density at radius 2 is 2.12 bits per heavy atom. The monoisotopic (exact) mass is 243 g/mol. The summed E-state index contributed by atoms with van der Waals surface area (Å²) in [4.78, 5) is 22.0. The molecule has 0 aromatic heterocycles. The zero-order valence-electron chi connectivity index (χ0n) is 10.4. The molecule has 0 heterocycles. The van der Waals surface area contributed by atoms with Crippen molar-refractivity contribution in [3.8, 4) is 0 Å². The molecule has 0 aromatic carbocycles. The van der Waals surface area contributed by atoms with Crippen LogP contribution < -0.4 is 5.32 Å². The van der Waals surface area contributed by atoms with Crippen LogP contribution in [0.4, 0.5) is 0 Å². The first-order valence-electron chi connectivity index (χ1n) is 6.10. The van der Waals surface area contributed by atoms with Gasteiger partial charge in [0.25, 0.3) is 0 Å². The van der Waals surface area contributed by atoms with Crippen LogP contribution in [0.25, 0.3) is 0 Å². The normalized spacial score (nSPS) is 22.5. The lowest BCUT2D eigenvalue weighted by Crippen LogP contribution is -2.28. The zero-order valence-corrected chi connectivity index (χ0v) is 10.4. The minimum Gasteiger partial charge on any atom is -0.481 e. The van der Waals surface area contributed by atoms with Crippen LogP contribution in [0.15, 0.2) is 0 Å². The summed E-state index contributed by atoms with van der Waals surface area (Å²) in [5.74, 6) is -1.27. The van der Waals surface area contributed by atoms with Gasteiger partial charge in [0.05, 0.1) is 11.8 Å². The van der Waals surface area contributed by atoms with Crippen LogP contribution in [0.5, 0.6) is 0 Å². The van der Waals surface area contributed by atoms with Crippen LogP contribution in [-0.4, -0.2) is 36.7 Å². The van der Waals surface area contributed by atoms with Gasteiger partial charge >= 0.3 is 5.97 Å². The molecule has 98 valence electrons. The number of amides is 1. The van der Waals surface area contributed by atoms with E-state index in [9.17, 15) is 9.59 Å². The average molecular weight is 243 g/mol. The Kier molecular flexibility index (Phi) is 5.41. The number of carboxylic acids is 1. The fourth-order valence-corrected chi connectivity index (χ4v) is 1.59. The predicted molar refractivity (Wildman–Crippen MR) is 62.5 cm³/mol. The van der Waals surface area contributed by atoms with Crippen molar-refractivity contribution in [1.82, 2.24) is 5.32 Å². The molecule has 5 nitrogen and oxygen atoms in total. The lowest BCUT2D eigenvalue weighted by Gasteiger charge is -2.07. The number of hydrogen-bond donors (Lipinski definition) is 2. The molecule has 1 aliphatic rings. The van der Waals surface area contributed by atoms with Gasteiger partial charge in [-0.25, -0.2) is 0 Å². The smallest absolute Gasteiger partial charge is 0.307 e. The molecule has 1 aliphatic carbocycles. The Bertz CT molecular complexity index is 278. The number of carbonyl (C=O) groups excluding carboxylic acids is 1. The fourth-order valence-electron chi connectivity index (χ4n) is 1.59. The highest BCUT2D eigenvalue weighted by molar-refractivity contribution is 5.89. The van der Waals surface area contributed by atoms with E-state index in [4.69, 9.17) is 9.84 Å². The number of ether oxygens (including phenoxy) is 1. The first-order valence-corrected chi connectivity index (χ1v) is 6.10. The number of carbonyl (C=O) groups is 2. The van der Waals surface area contributed by atoms with Crippen molar-refractivity contribution >= 4 is 11.9 Å². The van der Waals surface area contributed by atoms with Crippen molar-refractivity contribution in [2.24, 2.45) is 17.8 Å². The van der Waals surface area contributed by atoms with Gasteiger partial charge in [0.1, 0.15) is 0 Å². The Hall–Kier alpha value is -1.10. The van der Waals surface area contributed by atoms with E-state index < -0.39 is 11.9 Å². The summed E-state index contributed by atoms with van der Waals surface area (Å²) in [5.41, 5.74) is 0. The highest BCUT2D eigenvalue weighted by Crippen LogP contribution is 2.38. The van der Waals surface area contributed by atoms with Crippen molar-refractivity contribution in [1.29, 1.82) is 0 Å². The van der Waals surface area contributed by atoms with E-state index >= 15 is 0 Å². The first kappa shape index (κ1) is 14.0. The Morgan fingerprint density at radius 3 is 2.65 bits per heavy atom. The summed E-state index contributed by atoms with van der Waals surface area (Å²) in [6.45, 7) is 6.09. The van der Waals surface area contributed by atoms with Gasteiger partial charge < -0.3 is 15.2 Å². The van der Waals surface area contributed by atoms with Gasteiger partial charge in [-0.2, -0.15) is 0 Å². The van der Waals surface area contributed by atoms with Crippen molar-refractivity contribution in [2.45, 2.75) is 26.7 Å². The molecule has 2 N–H and O–H groups in total. The molecule has 0 saturated heterocycles. The third-order valence-electron chi connectivity index (χ3n) is 2.66. The molecule has 0 aromatic rings. The molecule has 1 saturated carbocycles. The summed E-state index contributed by atoms with van der Waals surface area (Å²) < 4.78 is 5.37. The third-order valence-corrected chi connectivity index (χ3v) is 2.66. The molecule has 2 atom stereocenters. The van der Waals surface area contributed by atoms with Crippen molar-refractivity contribution in [2.75, 3.05) is 19.8 Å². The van der Waals surface area contributed by atoms with E-state index in [0.717, 1.165) is 13.0 Å². The summed E-state index contributed by atoms with van der Waals surface area (Å²) in [6.07, 6.45) is 1.24. The summed E-state index contributed by atoms with van der Waals surface area (Å²) >= 11 is 0. The molecular formula is C12H21NO4. The van der Waals surface area contributed by atoms with Crippen LogP contribution in [0, 0.1) is 17.8 Å². The van der Waals surface area contributed by atoms with Gasteiger partial charge in [-0.05, 0) is 18.8 Å². The Balaban J connectivity index is 1.97. The van der Waals surface area contributed by atoms with Crippen molar-refractivity contribution < 1.29 is 19.4 Å². The minimum atomic E-state index is -0.870. The third kappa shape index (κ3) is 5.17. The fraction of sp³-hybridized carbons (Fsp3) is 0.833. The Morgan fingerprint density at radius 1 is 1.41 bits per heavy atom. The standard InChI is InChI=1S/C12H21NO4/c1-8(2)7-17-5-3-4-13-11(14)9-6-10(9)12(15)16/h8-10H,3-7H2,1-2H3,(H,13,14)(H,15,16)/t9-,10+/m1/s1. The Labute approximate surface area is 102 Å². The van der Waals surface area contributed by atoms with E-state index in [2.05, 4.69) is 19.2 Å². The highest BCUT2D eigenvalue weighted by atomic mass is 16.5. The molecule has 1 amide bonds. The van der Waals surface area contributed by atoms with Crippen LogP contribution >= 0.6 is 0 Å². The molecule has 17 heavy (non-hydrogen) atoms. The second-order valence-electron chi connectivity index (χ2n) is 4.90. The molecule has 0 unspecified atom stereocenters. The summed E-state index contributed by atoms with van der Waals surface area (Å²) in [5, 5.41) is 11.4. The molecule has 5 heteroatoms. The van der Waals surface area contributed by atoms with Crippen molar-refractivity contribution in [3.05, 3.63) is 0 Å². The average Bonchev–Trinajstić information content (AvgIpc) is 3.02. The van der Waals surface area contributed by atoms with Gasteiger partial charge in [0.15, 0.2) is 0 Å². The maximum atomic E-state index is 11.4. The van der Waals surface area contributed by atoms with E-state index in [1.54, 1.807) is 0 Å². The van der Waals surface area contributed by atoms with E-state index in [0.29, 0.717) is 25.5 Å². The van der Waals surface area contributed by atoms with Crippen molar-refractivity contribution in [3.63, 3.8) is 0 Å². The lowest BCUT2D eigenvalue weighted by molar-refractivity contribution is -0.140. The molecule has 1 rings (SSSR count). The molecule has 0 spiro atoms. The van der Waals surface area contributed by atoms with Crippen LogP contribution in [0.3, 0.4) is 0 Å². The number of nitrogens with one attached hydrogen (secondary N) is 1. The summed E-state index contributed by atoms with van der Waals surface area (Å²) in [6, 6.07) is 0. The second-order valence-corrected chi connectivity index (χ2v) is 4.90. The van der Waals surface area contributed by atoms with E-state index in [-0.39, 0.29) is 11.8 Å². The summed E-state index contributed by atoms with van der Waals surface area (Å²) in [7, 11) is 0. The SMILES string of the molecule is CC(C)COCCCNC(=O)[C@@H]1C[C@@H]1C(=O)O. The predicted octanol–water partition coefficient (Wildman–Crippen LogP) is 0.886. The molecular weight excluding hydrogens is 222 g/mol. The highest BCUT2D eigenvalue weighted by Gasteiger charge is 2.48. The second kappa shape index (κ2) is 6.59. The molecule has 0 aliphatic heterocycles. The first-order chi connectivity index (χ1) is 8.02. The maximum Gasteiger partial charge on any atom is 0.307 e. The molecule has 0 bridgehead atoms. The number of rotatable bonds is 8. The van der Waals surface area contributed by atoms with E-state index in [1.165, 1.54) is 0 Å². The van der Waals surface area contributed by atoms with Crippen LogP contribution in [-0.2, 0) is 14.3 Å². The van der Waals surface area contributed by atoms with Gasteiger partial charge in [0.2, 0.25) is 5.91 Å². The van der Waals surface area contributed by atoms with Gasteiger partial charge in [-0.1, -0.05) is 13.8 Å². The largest absolute Gasteiger partial charge is 0.481 e. The quantitative estimate of drug-likeness (QED) is 0.621. The zero-order chi connectivity index (χ0) is 12.8. The topological polar surface area (TPSA) is 75.6 Å². The maximum absolute atomic E-state index is 11.4. The lowest BCUT2D eigenvalue weighted by atomic mass is 10.2. The number of hydrogen-bond acceptors (Lipinski definition) is 3. The molecule has 1 fully saturated rings. The molecule has 0 radical (unpaired) electrons.